The number of carbonyl (C=O) groups excluding carboxylic acids is 4. The van der Waals surface area contributed by atoms with Crippen LogP contribution in [0.4, 0.5) is 0 Å². The van der Waals surface area contributed by atoms with Crippen LogP contribution in [0.2, 0.25) is 0 Å². The maximum Gasteiger partial charge on any atom is 0.306 e. The average Bonchev–Trinajstić information content (AvgIpc) is 3.68. The van der Waals surface area contributed by atoms with E-state index in [1.54, 1.807) is 12.1 Å². The first-order chi connectivity index (χ1) is 19.1. The third-order valence-electron chi connectivity index (χ3n) is 8.34. The smallest absolute Gasteiger partial charge is 0.306 e. The molecule has 1 aromatic heterocycles. The van der Waals surface area contributed by atoms with Crippen LogP contribution >= 0.6 is 0 Å². The van der Waals surface area contributed by atoms with Gasteiger partial charge in [-0.15, -0.1) is 0 Å². The highest BCUT2D eigenvalue weighted by atomic mass is 32.2. The summed E-state index contributed by atoms with van der Waals surface area (Å²) < 4.78 is 28.5. The van der Waals surface area contributed by atoms with Gasteiger partial charge in [0.1, 0.15) is 18.3 Å². The van der Waals surface area contributed by atoms with Gasteiger partial charge in [0.05, 0.1) is 12.3 Å². The monoisotopic (exact) mass is 574 g/mol. The van der Waals surface area contributed by atoms with Gasteiger partial charge in [-0.2, -0.15) is 8.42 Å². The first-order valence-electron chi connectivity index (χ1n) is 13.6. The molecule has 5 rings (SSSR count). The number of aromatic nitrogens is 1. The highest BCUT2D eigenvalue weighted by Gasteiger charge is 2.50. The molecule has 1 aliphatic carbocycles. The van der Waals surface area contributed by atoms with E-state index >= 15 is 0 Å². The lowest BCUT2D eigenvalue weighted by molar-refractivity contribution is -0.132. The molecule has 3 heterocycles. The molecule has 4 N–H and O–H groups in total. The van der Waals surface area contributed by atoms with Crippen molar-refractivity contribution in [2.75, 3.05) is 26.0 Å². The van der Waals surface area contributed by atoms with Crippen LogP contribution in [0.25, 0.3) is 10.9 Å². The predicted molar refractivity (Wildman–Crippen MR) is 144 cm³/mol. The van der Waals surface area contributed by atoms with Crippen molar-refractivity contribution in [1.82, 2.24) is 20.5 Å². The minimum absolute atomic E-state index is 0.0667. The Morgan fingerprint density at radius 3 is 2.73 bits per heavy atom. The molecule has 0 bridgehead atoms. The predicted octanol–water partition coefficient (Wildman–Crippen LogP) is 0.710. The van der Waals surface area contributed by atoms with Crippen molar-refractivity contribution in [3.05, 3.63) is 30.0 Å². The lowest BCUT2D eigenvalue weighted by Gasteiger charge is -2.28. The number of hydrogen-bond donors (Lipinski definition) is 4. The highest BCUT2D eigenvalue weighted by molar-refractivity contribution is 7.86. The fourth-order valence-electron chi connectivity index (χ4n) is 6.45. The van der Waals surface area contributed by atoms with Crippen LogP contribution in [-0.2, 0) is 24.5 Å². The Labute approximate surface area is 231 Å². The summed E-state index contributed by atoms with van der Waals surface area (Å²) in [6.45, 7) is 0.213. The molecule has 2 aliphatic heterocycles. The second-order valence-electron chi connectivity index (χ2n) is 11.0. The van der Waals surface area contributed by atoms with Gasteiger partial charge in [0, 0.05) is 29.9 Å². The number of H-pyrrole nitrogens is 1. The summed E-state index contributed by atoms with van der Waals surface area (Å²) in [5.41, 5.74) is 0.696. The fourth-order valence-corrected chi connectivity index (χ4v) is 6.92. The summed E-state index contributed by atoms with van der Waals surface area (Å²) in [6.07, 6.45) is 4.80. The van der Waals surface area contributed by atoms with Crippen molar-refractivity contribution < 1.29 is 36.9 Å². The molecule has 12 nitrogen and oxygen atoms in total. The summed E-state index contributed by atoms with van der Waals surface area (Å²) >= 11 is 0. The molecule has 40 heavy (non-hydrogen) atoms. The molecule has 2 saturated heterocycles. The molecule has 3 fully saturated rings. The minimum atomic E-state index is -3.79. The number of hydrogen-bond acceptors (Lipinski definition) is 8. The number of amides is 3. The van der Waals surface area contributed by atoms with Crippen molar-refractivity contribution in [3.8, 4) is 5.75 Å². The number of aliphatic hydroxyl groups is 1. The first-order valence-corrected chi connectivity index (χ1v) is 15.4. The van der Waals surface area contributed by atoms with Crippen LogP contribution < -0.4 is 14.8 Å². The van der Waals surface area contributed by atoms with Crippen LogP contribution in [-0.4, -0.2) is 84.9 Å². The molecule has 0 spiro atoms. The molecule has 13 heteroatoms. The number of benzene rings is 1. The highest BCUT2D eigenvalue weighted by Crippen LogP contribution is 2.43. The van der Waals surface area contributed by atoms with Crippen LogP contribution in [0.3, 0.4) is 0 Å². The molecular weight excluding hydrogens is 540 g/mol. The minimum Gasteiger partial charge on any atom is -0.389 e. The quantitative estimate of drug-likeness (QED) is 0.300. The van der Waals surface area contributed by atoms with E-state index in [0.717, 1.165) is 25.5 Å². The number of carbonyl (C=O) groups is 4. The zero-order chi connectivity index (χ0) is 28.6. The fraction of sp³-hybridized carbons (Fsp3) is 0.556. The van der Waals surface area contributed by atoms with Gasteiger partial charge in [0.2, 0.25) is 11.8 Å². The lowest BCUT2D eigenvalue weighted by atomic mass is 9.92. The standard InChI is InChI=1S/C27H34N4O8S/c1-40(37,38)39-23-7-3-6-19-18(23)12-21(29-19)27(36)31-13-16-4-2-5-17(16)24(31)26(35)30-20(22(33)14-32)9-8-15-10-11-28-25(15)34/h3,6-7,12,15-17,20,24,29,32H,2,4-5,8-11,13-14H2,1H3,(H,28,34)(H,30,35)/t15-,16+,17+,20+,24+/m1/s1. The van der Waals surface area contributed by atoms with Crippen molar-refractivity contribution >= 4 is 44.5 Å². The number of nitrogens with zero attached hydrogens (tertiary/aromatic N) is 1. The van der Waals surface area contributed by atoms with Crippen molar-refractivity contribution in [1.29, 1.82) is 0 Å². The molecule has 0 radical (unpaired) electrons. The SMILES string of the molecule is CS(=O)(=O)Oc1cccc2[nH]c(C(=O)N3C[C@@H]4CCC[C@@H]4[C@H]3C(=O)N[C@@H](CC[C@@H]3CCNC3=O)C(=O)CO)cc12. The maximum atomic E-state index is 13.8. The Morgan fingerprint density at radius 1 is 1.23 bits per heavy atom. The average molecular weight is 575 g/mol. The van der Waals surface area contributed by atoms with Gasteiger partial charge < -0.3 is 29.8 Å². The summed E-state index contributed by atoms with van der Waals surface area (Å²) in [4.78, 5) is 56.5. The third-order valence-corrected chi connectivity index (χ3v) is 8.83. The van der Waals surface area contributed by atoms with E-state index in [4.69, 9.17) is 4.18 Å². The Morgan fingerprint density at radius 2 is 2.02 bits per heavy atom. The third kappa shape index (κ3) is 5.71. The Bertz CT molecular complexity index is 1440. The van der Waals surface area contributed by atoms with E-state index in [9.17, 15) is 32.7 Å². The van der Waals surface area contributed by atoms with Crippen LogP contribution in [0.5, 0.6) is 5.75 Å². The Kier molecular flexibility index (Phi) is 7.87. The molecule has 1 aromatic carbocycles. The van der Waals surface area contributed by atoms with Gasteiger partial charge in [0.25, 0.3) is 5.91 Å². The van der Waals surface area contributed by atoms with Gasteiger partial charge in [-0.3, -0.25) is 19.2 Å². The number of aliphatic hydroxyl groups excluding tert-OH is 1. The summed E-state index contributed by atoms with van der Waals surface area (Å²) in [5, 5.41) is 15.5. The molecule has 0 unspecified atom stereocenters. The second kappa shape index (κ2) is 11.2. The van der Waals surface area contributed by atoms with E-state index in [1.165, 1.54) is 17.0 Å². The van der Waals surface area contributed by atoms with E-state index in [0.29, 0.717) is 36.8 Å². The van der Waals surface area contributed by atoms with Crippen molar-refractivity contribution in [2.24, 2.45) is 17.8 Å². The van der Waals surface area contributed by atoms with E-state index in [2.05, 4.69) is 15.6 Å². The number of aromatic amines is 1. The number of rotatable bonds is 10. The van der Waals surface area contributed by atoms with Crippen LogP contribution in [0.1, 0.15) is 49.0 Å². The van der Waals surface area contributed by atoms with Gasteiger partial charge in [-0.05, 0) is 62.1 Å². The Hall–Kier alpha value is -3.45. The second-order valence-corrected chi connectivity index (χ2v) is 12.6. The van der Waals surface area contributed by atoms with Crippen LogP contribution in [0, 0.1) is 17.8 Å². The topological polar surface area (TPSA) is 175 Å². The molecular formula is C27H34N4O8S. The molecule has 5 atom stereocenters. The number of nitrogens with one attached hydrogen (secondary N) is 3. The molecule has 1 saturated carbocycles. The summed E-state index contributed by atoms with van der Waals surface area (Å²) in [6, 6.07) is 4.55. The molecule has 3 amide bonds. The van der Waals surface area contributed by atoms with E-state index in [-0.39, 0.29) is 41.5 Å². The molecule has 2 aromatic rings. The molecule has 216 valence electrons. The Balaban J connectivity index is 1.37. The number of ketones is 1. The van der Waals surface area contributed by atoms with Gasteiger partial charge >= 0.3 is 10.1 Å². The number of likely N-dealkylation sites (tertiary alicyclic amines) is 1. The maximum absolute atomic E-state index is 13.8. The van der Waals surface area contributed by atoms with Crippen molar-refractivity contribution in [2.45, 2.75) is 50.6 Å². The zero-order valence-corrected chi connectivity index (χ0v) is 23.0. The number of Topliss-reactive ketones (excluding diaryl/α,β-unsaturated/α-hetero) is 1. The van der Waals surface area contributed by atoms with E-state index < -0.39 is 46.4 Å². The van der Waals surface area contributed by atoms with E-state index in [1.807, 2.05) is 0 Å². The lowest BCUT2D eigenvalue weighted by Crippen LogP contribution is -2.53. The zero-order valence-electron chi connectivity index (χ0n) is 22.2. The first kappa shape index (κ1) is 28.1. The summed E-state index contributed by atoms with van der Waals surface area (Å²) in [7, 11) is -3.79. The van der Waals surface area contributed by atoms with Crippen molar-refractivity contribution in [3.63, 3.8) is 0 Å². The summed E-state index contributed by atoms with van der Waals surface area (Å²) in [5.74, 6) is -1.57. The van der Waals surface area contributed by atoms with Gasteiger partial charge in [-0.1, -0.05) is 12.5 Å². The molecule has 3 aliphatic rings. The van der Waals surface area contributed by atoms with Gasteiger partial charge in [0.15, 0.2) is 11.5 Å². The van der Waals surface area contributed by atoms with Gasteiger partial charge in [-0.25, -0.2) is 0 Å². The number of fused-ring (bicyclic) bond motifs is 2. The normalized spacial score (nSPS) is 25.1. The van der Waals surface area contributed by atoms with Crippen LogP contribution in [0.15, 0.2) is 24.3 Å². The largest absolute Gasteiger partial charge is 0.389 e.